The maximum atomic E-state index is 12.5. The lowest BCUT2D eigenvalue weighted by molar-refractivity contribution is -0.385. The minimum Gasteiger partial charge on any atom is -0.371 e. The summed E-state index contributed by atoms with van der Waals surface area (Å²) in [4.78, 5) is 35.1. The first kappa shape index (κ1) is 26.1. The van der Waals surface area contributed by atoms with Crippen molar-refractivity contribution in [2.45, 2.75) is 25.7 Å². The van der Waals surface area contributed by atoms with E-state index < -0.39 is 16.9 Å². The van der Waals surface area contributed by atoms with Crippen LogP contribution in [0.4, 0.5) is 5.69 Å². The van der Waals surface area contributed by atoms with Gasteiger partial charge in [0.25, 0.3) is 5.69 Å². The van der Waals surface area contributed by atoms with Gasteiger partial charge in [-0.2, -0.15) is 0 Å². The van der Waals surface area contributed by atoms with Gasteiger partial charge < -0.3 is 9.47 Å². The number of nitro benzene ring substituents is 1. The fourth-order valence-electron chi connectivity index (χ4n) is 2.09. The van der Waals surface area contributed by atoms with Crippen molar-refractivity contribution >= 4 is 23.7 Å². The molecule has 0 amide bonds. The molecule has 0 aromatic heterocycles. The molecule has 0 bridgehead atoms. The summed E-state index contributed by atoms with van der Waals surface area (Å²) in [6, 6.07) is 5.83. The van der Waals surface area contributed by atoms with Crippen molar-refractivity contribution in [2.24, 2.45) is 0 Å². The van der Waals surface area contributed by atoms with Gasteiger partial charge in [-0.3, -0.25) is 14.9 Å². The predicted octanol–water partition coefficient (Wildman–Crippen LogP) is 3.93. The third-order valence-electron chi connectivity index (χ3n) is 3.53. The van der Waals surface area contributed by atoms with Crippen LogP contribution in [0.5, 0.6) is 0 Å². The van der Waals surface area contributed by atoms with E-state index in [0.29, 0.717) is 12.8 Å². The van der Waals surface area contributed by atoms with Crippen LogP contribution in [0.1, 0.15) is 31.2 Å². The Bertz CT molecular complexity index is 1190. The van der Waals surface area contributed by atoms with E-state index in [9.17, 15) is 19.7 Å². The standard InChI is InChI=1S/C26H19NO6/c1-3-5-7-9-13-19-32-25(28)18-17-23(26(29)33-20-14-10-8-6-4-2)21-22-15-11-12-16-24(22)27(30)31/h3-4,11-12,15-16,21H,1-2,5-6,17-18H2. The molecule has 0 heterocycles. The second-order valence-corrected chi connectivity index (χ2v) is 5.89. The molecule has 1 rings (SSSR count). The van der Waals surface area contributed by atoms with Gasteiger partial charge in [-0.05, 0) is 30.4 Å². The zero-order chi connectivity index (χ0) is 24.3. The molecule has 0 N–H and O–H groups in total. The highest BCUT2D eigenvalue weighted by Gasteiger charge is 2.17. The Morgan fingerprint density at radius 3 is 2.15 bits per heavy atom. The SMILES string of the molecule is C=CCC#CC#COC(=O)CCC(=Cc1ccccc1[N+](=O)[O-])C(=O)OC#CC#CCC=C. The summed E-state index contributed by atoms with van der Waals surface area (Å²) in [5.74, 6) is 13.4. The van der Waals surface area contributed by atoms with Gasteiger partial charge in [-0.25, -0.2) is 4.79 Å². The fraction of sp³-hybridized carbons (Fsp3) is 0.154. The number of nitro groups is 1. The van der Waals surface area contributed by atoms with Crippen LogP contribution in [0.25, 0.3) is 6.08 Å². The Kier molecular flexibility index (Phi) is 12.5. The number of carbonyl (C=O) groups excluding carboxylic acids is 2. The van der Waals surface area contributed by atoms with E-state index in [1.54, 1.807) is 18.2 Å². The predicted molar refractivity (Wildman–Crippen MR) is 123 cm³/mol. The highest BCUT2D eigenvalue weighted by molar-refractivity contribution is 5.95. The van der Waals surface area contributed by atoms with Gasteiger partial charge in [0.05, 0.1) is 16.9 Å². The molecule has 7 nitrogen and oxygen atoms in total. The van der Waals surface area contributed by atoms with Gasteiger partial charge in [0, 0.05) is 36.3 Å². The molecule has 0 spiro atoms. The van der Waals surface area contributed by atoms with Crippen LogP contribution >= 0.6 is 0 Å². The number of benzene rings is 1. The quantitative estimate of drug-likeness (QED) is 0.152. The Labute approximate surface area is 192 Å². The van der Waals surface area contributed by atoms with Crippen LogP contribution in [0, 0.1) is 57.8 Å². The third-order valence-corrected chi connectivity index (χ3v) is 3.53. The second-order valence-electron chi connectivity index (χ2n) is 5.89. The molecule has 1 aromatic rings. The molecule has 0 aliphatic heterocycles. The third kappa shape index (κ3) is 11.1. The normalized spacial score (nSPS) is 9.03. The zero-order valence-electron chi connectivity index (χ0n) is 17.7. The first-order valence-corrected chi connectivity index (χ1v) is 9.52. The van der Waals surface area contributed by atoms with Gasteiger partial charge >= 0.3 is 11.9 Å². The van der Waals surface area contributed by atoms with E-state index in [1.165, 1.54) is 24.3 Å². The molecule has 0 fully saturated rings. The summed E-state index contributed by atoms with van der Waals surface area (Å²) in [6.45, 7) is 7.02. The van der Waals surface area contributed by atoms with Crippen molar-refractivity contribution in [3.63, 3.8) is 0 Å². The summed E-state index contributed by atoms with van der Waals surface area (Å²) in [5.41, 5.74) is -0.0668. The lowest BCUT2D eigenvalue weighted by Crippen LogP contribution is -2.08. The molecular weight excluding hydrogens is 422 g/mol. The summed E-state index contributed by atoms with van der Waals surface area (Å²) >= 11 is 0. The summed E-state index contributed by atoms with van der Waals surface area (Å²) < 4.78 is 9.58. The Hall–Kier alpha value is -4.98. The van der Waals surface area contributed by atoms with Crippen molar-refractivity contribution in [2.75, 3.05) is 0 Å². The number of esters is 2. The average Bonchev–Trinajstić information content (AvgIpc) is 2.81. The molecule has 0 aliphatic carbocycles. The smallest absolute Gasteiger partial charge is 0.348 e. The van der Waals surface area contributed by atoms with Gasteiger partial charge in [0.2, 0.25) is 0 Å². The molecular formula is C26H19NO6. The minimum atomic E-state index is -0.875. The first-order chi connectivity index (χ1) is 16.0. The topological polar surface area (TPSA) is 95.7 Å². The largest absolute Gasteiger partial charge is 0.371 e. The minimum absolute atomic E-state index is 0.0201. The monoisotopic (exact) mass is 441 g/mol. The van der Waals surface area contributed by atoms with Crippen molar-refractivity contribution in [1.29, 1.82) is 0 Å². The fourth-order valence-corrected chi connectivity index (χ4v) is 2.09. The molecule has 0 radical (unpaired) electrons. The van der Waals surface area contributed by atoms with E-state index in [4.69, 9.17) is 9.47 Å². The number of hydrogen-bond acceptors (Lipinski definition) is 6. The maximum Gasteiger partial charge on any atom is 0.348 e. The molecule has 0 saturated heterocycles. The van der Waals surface area contributed by atoms with Crippen LogP contribution in [-0.4, -0.2) is 16.9 Å². The Morgan fingerprint density at radius 1 is 0.939 bits per heavy atom. The number of rotatable bonds is 8. The number of hydrogen-bond donors (Lipinski definition) is 0. The van der Waals surface area contributed by atoms with Gasteiger partial charge in [0.15, 0.2) is 0 Å². The summed E-state index contributed by atoms with van der Waals surface area (Å²) in [7, 11) is 0. The number of ether oxygens (including phenoxy) is 2. The lowest BCUT2D eigenvalue weighted by atomic mass is 10.0. The Morgan fingerprint density at radius 2 is 1.55 bits per heavy atom. The number of carbonyl (C=O) groups is 2. The van der Waals surface area contributed by atoms with Crippen molar-refractivity contribution in [1.82, 2.24) is 0 Å². The van der Waals surface area contributed by atoms with Crippen molar-refractivity contribution in [3.05, 3.63) is 70.8 Å². The van der Waals surface area contributed by atoms with Crippen LogP contribution in [0.2, 0.25) is 0 Å². The molecule has 1 aromatic carbocycles. The molecule has 33 heavy (non-hydrogen) atoms. The molecule has 7 heteroatoms. The highest BCUT2D eigenvalue weighted by Crippen LogP contribution is 2.22. The molecule has 0 unspecified atom stereocenters. The molecule has 164 valence electrons. The van der Waals surface area contributed by atoms with Crippen LogP contribution in [-0.2, 0) is 19.1 Å². The van der Waals surface area contributed by atoms with Crippen LogP contribution < -0.4 is 0 Å². The van der Waals surface area contributed by atoms with Gasteiger partial charge in [-0.1, -0.05) is 36.1 Å². The average molecular weight is 441 g/mol. The van der Waals surface area contributed by atoms with E-state index >= 15 is 0 Å². The van der Waals surface area contributed by atoms with E-state index in [0.717, 1.165) is 0 Å². The molecule has 0 saturated carbocycles. The van der Waals surface area contributed by atoms with Gasteiger partial charge in [-0.15, -0.1) is 13.2 Å². The second kappa shape index (κ2) is 15.8. The van der Waals surface area contributed by atoms with Crippen LogP contribution in [0.15, 0.2) is 55.1 Å². The van der Waals surface area contributed by atoms with Crippen molar-refractivity contribution < 1.29 is 24.0 Å². The number of nitrogens with zero attached hydrogens (tertiary/aromatic N) is 1. The number of allylic oxidation sites excluding steroid dienone is 2. The van der Waals surface area contributed by atoms with Gasteiger partial charge in [0.1, 0.15) is 12.2 Å². The van der Waals surface area contributed by atoms with E-state index in [1.807, 2.05) is 0 Å². The summed E-state index contributed by atoms with van der Waals surface area (Å²) in [6.07, 6.45) is 9.28. The van der Waals surface area contributed by atoms with E-state index in [-0.39, 0.29) is 29.7 Å². The molecule has 0 atom stereocenters. The Balaban J connectivity index is 3.00. The first-order valence-electron chi connectivity index (χ1n) is 9.52. The number of para-hydroxylation sites is 1. The summed E-state index contributed by atoms with van der Waals surface area (Å²) in [5, 5.41) is 11.3. The molecule has 0 aliphatic rings. The maximum absolute atomic E-state index is 12.5. The van der Waals surface area contributed by atoms with E-state index in [2.05, 4.69) is 60.9 Å². The zero-order valence-corrected chi connectivity index (χ0v) is 17.7. The highest BCUT2D eigenvalue weighted by atomic mass is 16.6. The lowest BCUT2D eigenvalue weighted by Gasteiger charge is -2.04. The van der Waals surface area contributed by atoms with Crippen LogP contribution in [0.3, 0.4) is 0 Å². The van der Waals surface area contributed by atoms with Crippen molar-refractivity contribution in [3.8, 4) is 47.7 Å².